The summed E-state index contributed by atoms with van der Waals surface area (Å²) in [7, 11) is 0. The Morgan fingerprint density at radius 3 is 2.65 bits per heavy atom. The van der Waals surface area contributed by atoms with E-state index in [1.54, 1.807) is 6.07 Å². The van der Waals surface area contributed by atoms with Crippen LogP contribution in [-0.2, 0) is 4.79 Å². The van der Waals surface area contributed by atoms with Crippen LogP contribution >= 0.6 is 0 Å². The first kappa shape index (κ1) is 17.5. The zero-order chi connectivity index (χ0) is 17.0. The number of nitrogens with zero attached hydrogens (tertiary/aromatic N) is 1. The fraction of sp³-hybridized carbons (Fsp3) is 0.500. The van der Waals surface area contributed by atoms with Crippen LogP contribution < -0.4 is 10.2 Å². The first-order valence-corrected chi connectivity index (χ1v) is 8.04. The van der Waals surface area contributed by atoms with E-state index in [-0.39, 0.29) is 23.9 Å². The van der Waals surface area contributed by atoms with Crippen molar-refractivity contribution in [2.45, 2.75) is 45.8 Å². The lowest BCUT2D eigenvalue weighted by molar-refractivity contribution is -0.117. The molecule has 5 heteroatoms. The smallest absolute Gasteiger partial charge is 0.244 e. The number of aliphatic hydroxyl groups excluding tert-OH is 1. The number of nitrogens with one attached hydrogen (secondary N) is 1. The van der Waals surface area contributed by atoms with Crippen molar-refractivity contribution >= 4 is 11.6 Å². The Labute approximate surface area is 137 Å². The first-order valence-electron chi connectivity index (χ1n) is 8.04. The SMILES string of the molecule is CC(C)=CC(=O)N[C@@H](C)c1cc(F)ccc1N1CCC(O)CC1. The summed E-state index contributed by atoms with van der Waals surface area (Å²) < 4.78 is 13.7. The Kier molecular flexibility index (Phi) is 5.77. The molecule has 1 heterocycles. The number of anilines is 1. The van der Waals surface area contributed by atoms with Crippen molar-refractivity contribution in [3.05, 3.63) is 41.2 Å². The van der Waals surface area contributed by atoms with Gasteiger partial charge in [-0.05, 0) is 51.8 Å². The molecule has 1 aliphatic heterocycles. The maximum Gasteiger partial charge on any atom is 0.244 e. The molecular weight excluding hydrogens is 295 g/mol. The van der Waals surface area contributed by atoms with E-state index in [0.717, 1.165) is 29.9 Å². The van der Waals surface area contributed by atoms with Gasteiger partial charge in [-0.25, -0.2) is 4.39 Å². The average molecular weight is 320 g/mol. The number of allylic oxidation sites excluding steroid dienone is 1. The van der Waals surface area contributed by atoms with Gasteiger partial charge in [-0.15, -0.1) is 0 Å². The van der Waals surface area contributed by atoms with E-state index in [0.29, 0.717) is 12.8 Å². The van der Waals surface area contributed by atoms with Crippen molar-refractivity contribution in [2.24, 2.45) is 0 Å². The number of hydrogen-bond acceptors (Lipinski definition) is 3. The van der Waals surface area contributed by atoms with E-state index < -0.39 is 0 Å². The second kappa shape index (κ2) is 7.59. The molecule has 0 spiro atoms. The number of carbonyl (C=O) groups excluding carboxylic acids is 1. The maximum atomic E-state index is 13.7. The molecule has 0 unspecified atom stereocenters. The Hall–Kier alpha value is -1.88. The molecule has 0 saturated carbocycles. The molecule has 0 aromatic heterocycles. The molecule has 1 aliphatic rings. The van der Waals surface area contributed by atoms with Crippen molar-refractivity contribution in [3.63, 3.8) is 0 Å². The van der Waals surface area contributed by atoms with Gasteiger partial charge in [-0.3, -0.25) is 4.79 Å². The minimum atomic E-state index is -0.316. The number of carbonyl (C=O) groups is 1. The van der Waals surface area contributed by atoms with Crippen LogP contribution in [0.25, 0.3) is 0 Å². The third kappa shape index (κ3) is 4.79. The summed E-state index contributed by atoms with van der Waals surface area (Å²) in [5.74, 6) is -0.495. The van der Waals surface area contributed by atoms with E-state index in [1.165, 1.54) is 18.2 Å². The Bertz CT molecular complexity index is 589. The van der Waals surface area contributed by atoms with Crippen molar-refractivity contribution < 1.29 is 14.3 Å². The molecule has 1 fully saturated rings. The zero-order valence-electron chi connectivity index (χ0n) is 14.0. The van der Waals surface area contributed by atoms with Crippen LogP contribution in [0.3, 0.4) is 0 Å². The molecule has 4 nitrogen and oxygen atoms in total. The molecule has 2 N–H and O–H groups in total. The third-order valence-corrected chi connectivity index (χ3v) is 4.04. The molecular formula is C18H25FN2O2. The van der Waals surface area contributed by atoms with Crippen LogP contribution in [0.4, 0.5) is 10.1 Å². The highest BCUT2D eigenvalue weighted by molar-refractivity contribution is 5.88. The number of halogens is 1. The number of piperidine rings is 1. The summed E-state index contributed by atoms with van der Waals surface area (Å²) in [6.07, 6.45) is 2.68. The van der Waals surface area contributed by atoms with E-state index in [1.807, 2.05) is 20.8 Å². The molecule has 23 heavy (non-hydrogen) atoms. The third-order valence-electron chi connectivity index (χ3n) is 4.04. The summed E-state index contributed by atoms with van der Waals surface area (Å²) in [4.78, 5) is 14.1. The molecule has 1 atom stereocenters. The summed E-state index contributed by atoms with van der Waals surface area (Å²) in [5.41, 5.74) is 2.60. The second-order valence-corrected chi connectivity index (χ2v) is 6.37. The highest BCUT2D eigenvalue weighted by atomic mass is 19.1. The predicted octanol–water partition coefficient (Wildman–Crippen LogP) is 2.93. The minimum absolute atomic E-state index is 0.179. The molecule has 1 amide bonds. The van der Waals surface area contributed by atoms with Crippen molar-refractivity contribution in [3.8, 4) is 0 Å². The quantitative estimate of drug-likeness (QED) is 0.839. The number of amides is 1. The first-order chi connectivity index (χ1) is 10.9. The van der Waals surface area contributed by atoms with Crippen molar-refractivity contribution in [2.75, 3.05) is 18.0 Å². The number of rotatable bonds is 4. The van der Waals surface area contributed by atoms with Crippen molar-refractivity contribution in [1.29, 1.82) is 0 Å². The average Bonchev–Trinajstić information content (AvgIpc) is 2.47. The number of benzene rings is 1. The van der Waals surface area contributed by atoms with Crippen LogP contribution in [0, 0.1) is 5.82 Å². The van der Waals surface area contributed by atoms with Gasteiger partial charge >= 0.3 is 0 Å². The van der Waals surface area contributed by atoms with Crippen molar-refractivity contribution in [1.82, 2.24) is 5.32 Å². The normalized spacial score (nSPS) is 16.8. The topological polar surface area (TPSA) is 52.6 Å². The standard InChI is InChI=1S/C18H25FN2O2/c1-12(2)10-18(23)20-13(3)16-11-14(19)4-5-17(16)21-8-6-15(22)7-9-21/h4-5,10-11,13,15,22H,6-9H2,1-3H3,(H,20,23)/t13-/m0/s1. The Balaban J connectivity index is 2.21. The summed E-state index contributed by atoms with van der Waals surface area (Å²) in [5, 5.41) is 12.5. The van der Waals surface area contributed by atoms with Gasteiger partial charge in [0.25, 0.3) is 0 Å². The van der Waals surface area contributed by atoms with Crippen LogP contribution in [-0.4, -0.2) is 30.2 Å². The van der Waals surface area contributed by atoms with E-state index in [2.05, 4.69) is 10.2 Å². The van der Waals surface area contributed by atoms with Gasteiger partial charge in [0, 0.05) is 30.4 Å². The van der Waals surface area contributed by atoms with Crippen LogP contribution in [0.1, 0.15) is 45.2 Å². The molecule has 0 bridgehead atoms. The summed E-state index contributed by atoms with van der Waals surface area (Å²) in [6.45, 7) is 7.03. The summed E-state index contributed by atoms with van der Waals surface area (Å²) in [6, 6.07) is 4.38. The van der Waals surface area contributed by atoms with Gasteiger partial charge in [0.1, 0.15) is 5.82 Å². The lowest BCUT2D eigenvalue weighted by atomic mass is 10.0. The number of aliphatic hydroxyl groups is 1. The lowest BCUT2D eigenvalue weighted by Crippen LogP contribution is -2.37. The predicted molar refractivity (Wildman–Crippen MR) is 89.8 cm³/mol. The Morgan fingerprint density at radius 1 is 1.39 bits per heavy atom. The molecule has 126 valence electrons. The molecule has 0 aliphatic carbocycles. The Morgan fingerprint density at radius 2 is 2.04 bits per heavy atom. The summed E-state index contributed by atoms with van der Waals surface area (Å²) >= 11 is 0. The molecule has 0 radical (unpaired) electrons. The van der Waals surface area contributed by atoms with Crippen LogP contribution in [0.15, 0.2) is 29.8 Å². The zero-order valence-corrected chi connectivity index (χ0v) is 14.0. The lowest BCUT2D eigenvalue weighted by Gasteiger charge is -2.34. The fourth-order valence-electron chi connectivity index (χ4n) is 2.86. The van der Waals surface area contributed by atoms with Gasteiger partial charge in [0.15, 0.2) is 0 Å². The molecule has 2 rings (SSSR count). The van der Waals surface area contributed by atoms with E-state index in [4.69, 9.17) is 0 Å². The van der Waals surface area contributed by atoms with Gasteiger partial charge in [-0.1, -0.05) is 5.57 Å². The van der Waals surface area contributed by atoms with Gasteiger partial charge < -0.3 is 15.3 Å². The highest BCUT2D eigenvalue weighted by Crippen LogP contribution is 2.29. The minimum Gasteiger partial charge on any atom is -0.393 e. The van der Waals surface area contributed by atoms with Gasteiger partial charge in [0.05, 0.1) is 12.1 Å². The van der Waals surface area contributed by atoms with Gasteiger partial charge in [0.2, 0.25) is 5.91 Å². The molecule has 1 aromatic carbocycles. The highest BCUT2D eigenvalue weighted by Gasteiger charge is 2.22. The van der Waals surface area contributed by atoms with Crippen LogP contribution in [0.2, 0.25) is 0 Å². The number of hydrogen-bond donors (Lipinski definition) is 2. The fourth-order valence-corrected chi connectivity index (χ4v) is 2.86. The van der Waals surface area contributed by atoms with Gasteiger partial charge in [-0.2, -0.15) is 0 Å². The monoisotopic (exact) mass is 320 g/mol. The largest absolute Gasteiger partial charge is 0.393 e. The second-order valence-electron chi connectivity index (χ2n) is 6.37. The maximum absolute atomic E-state index is 13.7. The molecule has 1 aromatic rings. The van der Waals surface area contributed by atoms with E-state index >= 15 is 0 Å². The molecule has 1 saturated heterocycles. The van der Waals surface area contributed by atoms with E-state index in [9.17, 15) is 14.3 Å². The van der Waals surface area contributed by atoms with Crippen LogP contribution in [0.5, 0.6) is 0 Å².